The van der Waals surface area contributed by atoms with Gasteiger partial charge in [0, 0.05) is 29.9 Å². The first kappa shape index (κ1) is 25.5. The number of aromatic nitrogens is 2. The molecule has 7 nitrogen and oxygen atoms in total. The van der Waals surface area contributed by atoms with Gasteiger partial charge in [0.2, 0.25) is 5.91 Å². The van der Waals surface area contributed by atoms with Crippen LogP contribution < -0.4 is 10.6 Å². The normalized spacial score (nSPS) is 10.7. The molecule has 1 aromatic heterocycles. The second-order valence-corrected chi connectivity index (χ2v) is 8.20. The number of benzene rings is 3. The van der Waals surface area contributed by atoms with Gasteiger partial charge in [-0.1, -0.05) is 37.3 Å². The second kappa shape index (κ2) is 11.4. The van der Waals surface area contributed by atoms with Gasteiger partial charge in [0.1, 0.15) is 18.2 Å². The van der Waals surface area contributed by atoms with Crippen molar-refractivity contribution in [1.82, 2.24) is 14.7 Å². The molecule has 0 unspecified atom stereocenters. The Morgan fingerprint density at radius 2 is 1.62 bits per heavy atom. The van der Waals surface area contributed by atoms with E-state index in [4.69, 9.17) is 0 Å². The zero-order valence-corrected chi connectivity index (χ0v) is 19.9. The summed E-state index contributed by atoms with van der Waals surface area (Å²) >= 11 is 0. The first-order valence-electron chi connectivity index (χ1n) is 11.6. The molecule has 0 spiro atoms. The average molecular weight is 508 g/mol. The van der Waals surface area contributed by atoms with E-state index in [9.17, 15) is 22.8 Å². The summed E-state index contributed by atoms with van der Waals surface area (Å²) < 4.78 is 41.7. The molecular weight excluding hydrogens is 483 g/mol. The lowest BCUT2D eigenvalue weighted by Crippen LogP contribution is -2.41. The third kappa shape index (κ3) is 6.35. The van der Waals surface area contributed by atoms with E-state index in [-0.39, 0.29) is 18.8 Å². The van der Waals surface area contributed by atoms with Crippen LogP contribution >= 0.6 is 0 Å². The van der Waals surface area contributed by atoms with Gasteiger partial charge in [0.25, 0.3) is 0 Å². The van der Waals surface area contributed by atoms with Crippen molar-refractivity contribution >= 4 is 23.4 Å². The average Bonchev–Trinajstić information content (AvgIpc) is 3.30. The van der Waals surface area contributed by atoms with Gasteiger partial charge in [-0.25, -0.2) is 22.6 Å². The molecule has 0 radical (unpaired) electrons. The molecule has 0 aliphatic rings. The predicted octanol–water partition coefficient (Wildman–Crippen LogP) is 5.84. The monoisotopic (exact) mass is 507 g/mol. The Hall–Kier alpha value is -4.60. The van der Waals surface area contributed by atoms with Crippen molar-refractivity contribution in [2.24, 2.45) is 0 Å². The van der Waals surface area contributed by atoms with Crippen molar-refractivity contribution in [1.29, 1.82) is 0 Å². The maximum absolute atomic E-state index is 13.5. The molecule has 0 saturated heterocycles. The van der Waals surface area contributed by atoms with Crippen LogP contribution in [0.3, 0.4) is 0 Å². The molecule has 1 heterocycles. The summed E-state index contributed by atoms with van der Waals surface area (Å²) in [5.74, 6) is -2.71. The fourth-order valence-electron chi connectivity index (χ4n) is 3.65. The molecule has 10 heteroatoms. The Balaban J connectivity index is 1.54. The smallest absolute Gasteiger partial charge is 0.315 e. The molecule has 0 aliphatic carbocycles. The molecule has 0 bridgehead atoms. The lowest BCUT2D eigenvalue weighted by molar-refractivity contribution is -0.116. The highest BCUT2D eigenvalue weighted by Crippen LogP contribution is 2.25. The summed E-state index contributed by atoms with van der Waals surface area (Å²) in [6.45, 7) is 1.78. The third-order valence-corrected chi connectivity index (χ3v) is 5.40. The Bertz CT molecular complexity index is 1390. The molecular formula is C27H24F3N5O2. The van der Waals surface area contributed by atoms with Crippen molar-refractivity contribution in [3.63, 3.8) is 0 Å². The van der Waals surface area contributed by atoms with Crippen molar-refractivity contribution in [3.05, 3.63) is 96.3 Å². The molecule has 0 fully saturated rings. The molecule has 4 rings (SSSR count). The van der Waals surface area contributed by atoms with Gasteiger partial charge in [-0.15, -0.1) is 0 Å². The summed E-state index contributed by atoms with van der Waals surface area (Å²) in [5.41, 5.74) is 1.99. The minimum atomic E-state index is -1.10. The minimum Gasteiger partial charge on any atom is -0.315 e. The van der Waals surface area contributed by atoms with Crippen LogP contribution in [-0.2, 0) is 4.79 Å². The molecule has 4 aromatic rings. The molecule has 0 saturated carbocycles. The van der Waals surface area contributed by atoms with E-state index < -0.39 is 29.4 Å². The van der Waals surface area contributed by atoms with E-state index in [0.29, 0.717) is 23.6 Å². The molecule has 2 N–H and O–H groups in total. The SMILES string of the molecule is CCCN(CC(=O)Nc1cc(-c2ccccc2)nn1-c1ccc(F)cc1)C(=O)Nc1ccc(F)c(F)c1. The van der Waals surface area contributed by atoms with E-state index in [1.54, 1.807) is 6.07 Å². The van der Waals surface area contributed by atoms with Gasteiger partial charge < -0.3 is 15.5 Å². The van der Waals surface area contributed by atoms with E-state index in [1.165, 1.54) is 39.9 Å². The molecule has 0 aliphatic heterocycles. The second-order valence-electron chi connectivity index (χ2n) is 8.20. The Kier molecular flexibility index (Phi) is 7.87. The maximum atomic E-state index is 13.5. The molecule has 3 aromatic carbocycles. The Morgan fingerprint density at radius 1 is 0.892 bits per heavy atom. The molecule has 37 heavy (non-hydrogen) atoms. The summed E-state index contributed by atoms with van der Waals surface area (Å²) in [4.78, 5) is 27.0. The van der Waals surface area contributed by atoms with E-state index in [0.717, 1.165) is 17.7 Å². The van der Waals surface area contributed by atoms with Gasteiger partial charge in [-0.2, -0.15) is 5.10 Å². The van der Waals surface area contributed by atoms with Crippen LogP contribution in [0.25, 0.3) is 16.9 Å². The number of halogens is 3. The van der Waals surface area contributed by atoms with E-state index in [1.807, 2.05) is 37.3 Å². The molecule has 190 valence electrons. The van der Waals surface area contributed by atoms with E-state index in [2.05, 4.69) is 15.7 Å². The first-order chi connectivity index (χ1) is 17.8. The molecule has 0 atom stereocenters. The zero-order valence-electron chi connectivity index (χ0n) is 19.9. The third-order valence-electron chi connectivity index (χ3n) is 5.40. The fraction of sp³-hybridized carbons (Fsp3) is 0.148. The number of nitrogens with one attached hydrogen (secondary N) is 2. The highest BCUT2D eigenvalue weighted by Gasteiger charge is 2.20. The van der Waals surface area contributed by atoms with Crippen LogP contribution in [0.15, 0.2) is 78.9 Å². The van der Waals surface area contributed by atoms with Crippen LogP contribution in [0.5, 0.6) is 0 Å². The van der Waals surface area contributed by atoms with Gasteiger partial charge in [-0.05, 0) is 42.8 Å². The number of amides is 3. The van der Waals surface area contributed by atoms with Crippen molar-refractivity contribution in [3.8, 4) is 16.9 Å². The van der Waals surface area contributed by atoms with Gasteiger partial charge >= 0.3 is 6.03 Å². The molecule has 3 amide bonds. The van der Waals surface area contributed by atoms with Crippen LogP contribution in [0.4, 0.5) is 29.5 Å². The van der Waals surface area contributed by atoms with Crippen LogP contribution in [0.2, 0.25) is 0 Å². The maximum Gasteiger partial charge on any atom is 0.322 e. The topological polar surface area (TPSA) is 79.3 Å². The van der Waals surface area contributed by atoms with Crippen LogP contribution in [0, 0.1) is 17.5 Å². The lowest BCUT2D eigenvalue weighted by Gasteiger charge is -2.22. The number of carbonyl (C=O) groups excluding carboxylic acids is 2. The summed E-state index contributed by atoms with van der Waals surface area (Å²) in [6.07, 6.45) is 0.560. The van der Waals surface area contributed by atoms with Crippen LogP contribution in [0.1, 0.15) is 13.3 Å². The Morgan fingerprint density at radius 3 is 2.30 bits per heavy atom. The Labute approximate surface area is 211 Å². The van der Waals surface area contributed by atoms with E-state index >= 15 is 0 Å². The number of rotatable bonds is 8. The first-order valence-corrected chi connectivity index (χ1v) is 11.6. The quantitative estimate of drug-likeness (QED) is 0.315. The number of nitrogens with zero attached hydrogens (tertiary/aromatic N) is 3. The number of hydrogen-bond donors (Lipinski definition) is 2. The summed E-state index contributed by atoms with van der Waals surface area (Å²) in [7, 11) is 0. The largest absolute Gasteiger partial charge is 0.322 e. The number of anilines is 2. The lowest BCUT2D eigenvalue weighted by atomic mass is 10.1. The summed E-state index contributed by atoms with van der Waals surface area (Å²) in [6, 6.07) is 19.0. The summed E-state index contributed by atoms with van der Waals surface area (Å²) in [5, 5.41) is 9.83. The van der Waals surface area contributed by atoms with Crippen molar-refractivity contribution < 1.29 is 22.8 Å². The number of urea groups is 1. The highest BCUT2D eigenvalue weighted by molar-refractivity contribution is 5.97. The highest BCUT2D eigenvalue weighted by atomic mass is 19.2. The predicted molar refractivity (Wildman–Crippen MR) is 135 cm³/mol. The fourth-order valence-corrected chi connectivity index (χ4v) is 3.65. The number of hydrogen-bond acceptors (Lipinski definition) is 3. The zero-order chi connectivity index (χ0) is 26.4. The van der Waals surface area contributed by atoms with Crippen LogP contribution in [-0.4, -0.2) is 39.7 Å². The van der Waals surface area contributed by atoms with Crippen molar-refractivity contribution in [2.75, 3.05) is 23.7 Å². The van der Waals surface area contributed by atoms with Crippen molar-refractivity contribution in [2.45, 2.75) is 13.3 Å². The van der Waals surface area contributed by atoms with Gasteiger partial charge in [0.05, 0.1) is 11.4 Å². The number of carbonyl (C=O) groups is 2. The standard InChI is InChI=1S/C27H24F3N5O2/c1-2-14-34(27(37)31-20-10-13-22(29)23(30)15-20)17-26(36)32-25-16-24(18-6-4-3-5-7-18)33-35(25)21-11-8-19(28)9-12-21/h3-13,15-16H,2,14,17H2,1H3,(H,31,37)(H,32,36). The van der Waals surface area contributed by atoms with Gasteiger partial charge in [0.15, 0.2) is 11.6 Å². The van der Waals surface area contributed by atoms with Gasteiger partial charge in [-0.3, -0.25) is 4.79 Å². The minimum absolute atomic E-state index is 0.0623.